The summed E-state index contributed by atoms with van der Waals surface area (Å²) in [5.74, 6) is 0.679. The molecule has 2 heterocycles. The molecule has 40 heavy (non-hydrogen) atoms. The van der Waals surface area contributed by atoms with E-state index < -0.39 is 0 Å². The van der Waals surface area contributed by atoms with Crippen molar-refractivity contribution in [3.8, 4) is 0 Å². The van der Waals surface area contributed by atoms with Crippen LogP contribution in [0.4, 0.5) is 0 Å². The highest BCUT2D eigenvalue weighted by Gasteiger charge is 2.23. The number of nitrogens with zero attached hydrogens (tertiary/aromatic N) is 3. The number of hydrogen-bond donors (Lipinski definition) is 0. The Hall–Kier alpha value is -2.17. The second kappa shape index (κ2) is 14.6. The van der Waals surface area contributed by atoms with Crippen molar-refractivity contribution in [3.05, 3.63) is 73.2 Å². The van der Waals surface area contributed by atoms with Crippen LogP contribution >= 0.6 is 22.6 Å². The number of fused-ring (bicyclic) bond motifs is 1. The maximum absolute atomic E-state index is 12.4. The molecule has 0 aliphatic carbocycles. The monoisotopic (exact) mass is 663 g/mol. The van der Waals surface area contributed by atoms with Crippen LogP contribution in [0.5, 0.6) is 0 Å². The molecule has 1 aromatic heterocycles. The molecule has 1 fully saturated rings. The van der Waals surface area contributed by atoms with Gasteiger partial charge < -0.3 is 14.0 Å². The average Bonchev–Trinajstić information content (AvgIpc) is 2.86. The largest absolute Gasteiger partial charge is 0.423 e. The maximum Gasteiger partial charge on any atom is 0.339 e. The van der Waals surface area contributed by atoms with E-state index in [0.29, 0.717) is 35.6 Å². The quantitative estimate of drug-likeness (QED) is 0.218. The molecule has 2 aromatic carbocycles. The van der Waals surface area contributed by atoms with Gasteiger partial charge in [0.25, 0.3) is 5.56 Å². The molecule has 1 saturated heterocycles. The van der Waals surface area contributed by atoms with Crippen LogP contribution in [-0.2, 0) is 28.0 Å². The molecule has 0 saturated carbocycles. The molecule has 220 valence electrons. The topological polar surface area (TPSA) is 69.2 Å². The third kappa shape index (κ3) is 9.17. The Bertz CT molecular complexity index is 1350. The van der Waals surface area contributed by atoms with Crippen LogP contribution in [0.3, 0.4) is 0 Å². The van der Waals surface area contributed by atoms with Crippen molar-refractivity contribution in [3.63, 3.8) is 0 Å². The summed E-state index contributed by atoms with van der Waals surface area (Å²) in [7, 11) is 1.43. The average molecular weight is 664 g/mol. The van der Waals surface area contributed by atoms with Crippen LogP contribution < -0.4 is 11.2 Å². The Kier molecular flexibility index (Phi) is 11.8. The highest BCUT2D eigenvalue weighted by molar-refractivity contribution is 14.1. The number of hydrogen-bond acceptors (Lipinski definition) is 6. The first-order valence-corrected chi connectivity index (χ1v) is 15.4. The van der Waals surface area contributed by atoms with Crippen LogP contribution in [0.1, 0.15) is 66.0 Å². The van der Waals surface area contributed by atoms with E-state index in [1.165, 1.54) is 29.3 Å². The van der Waals surface area contributed by atoms with Gasteiger partial charge in [-0.1, -0.05) is 58.9 Å². The molecule has 1 aliphatic rings. The minimum absolute atomic E-state index is 0.104. The van der Waals surface area contributed by atoms with Gasteiger partial charge in [0.2, 0.25) is 0 Å². The van der Waals surface area contributed by atoms with E-state index in [0.717, 1.165) is 29.5 Å². The molecule has 3 aromatic rings. The minimum Gasteiger partial charge on any atom is -0.423 e. The Labute approximate surface area is 252 Å². The van der Waals surface area contributed by atoms with Crippen molar-refractivity contribution < 1.29 is 14.0 Å². The van der Waals surface area contributed by atoms with Crippen molar-refractivity contribution in [2.75, 3.05) is 26.7 Å². The molecule has 0 N–H and O–H groups in total. The molecule has 7 nitrogen and oxygen atoms in total. The second-order valence-corrected chi connectivity index (χ2v) is 13.2. The number of morpholine rings is 1. The van der Waals surface area contributed by atoms with Crippen molar-refractivity contribution in [1.82, 2.24) is 9.47 Å². The molecule has 4 rings (SSSR count). The molecule has 0 amide bonds. The number of aromatic nitrogens is 1. The normalized spacial score (nSPS) is 19.3. The van der Waals surface area contributed by atoms with Crippen molar-refractivity contribution in [2.24, 2.45) is 11.1 Å². The smallest absolute Gasteiger partial charge is 0.339 e. The zero-order chi connectivity index (χ0) is 29.4. The lowest BCUT2D eigenvalue weighted by Crippen LogP contribution is -2.47. The Morgan fingerprint density at radius 3 is 2.33 bits per heavy atom. The molecular formula is C32H46IN3O4. The van der Waals surface area contributed by atoms with Gasteiger partial charge in [-0.2, -0.15) is 0 Å². The molecule has 8 heteroatoms. The lowest BCUT2D eigenvalue weighted by atomic mass is 9.86. The molecule has 1 aliphatic heterocycles. The molecule has 0 spiro atoms. The van der Waals surface area contributed by atoms with Crippen molar-refractivity contribution >= 4 is 33.6 Å². The van der Waals surface area contributed by atoms with Crippen LogP contribution in [-0.4, -0.2) is 48.4 Å². The third-order valence-corrected chi connectivity index (χ3v) is 7.61. The van der Waals surface area contributed by atoms with Crippen LogP contribution in [0, 0.1) is 9.49 Å². The van der Waals surface area contributed by atoms with E-state index in [4.69, 9.17) is 14.0 Å². The van der Waals surface area contributed by atoms with Crippen LogP contribution in [0.2, 0.25) is 0 Å². The zero-order valence-corrected chi connectivity index (χ0v) is 27.5. The summed E-state index contributed by atoms with van der Waals surface area (Å²) < 4.78 is 13.9. The van der Waals surface area contributed by atoms with E-state index in [1.54, 1.807) is 6.07 Å². The molecule has 0 bridgehead atoms. The Morgan fingerprint density at radius 1 is 1.10 bits per heavy atom. The zero-order valence-electron chi connectivity index (χ0n) is 25.4. The van der Waals surface area contributed by atoms with E-state index in [2.05, 4.69) is 98.5 Å². The van der Waals surface area contributed by atoms with Gasteiger partial charge in [-0.15, -0.1) is 0 Å². The highest BCUT2D eigenvalue weighted by Crippen LogP contribution is 2.23. The van der Waals surface area contributed by atoms with Gasteiger partial charge in [0.15, 0.2) is 0 Å². The van der Waals surface area contributed by atoms with Gasteiger partial charge in [-0.3, -0.25) is 14.3 Å². The summed E-state index contributed by atoms with van der Waals surface area (Å²) >= 11 is 2.17. The van der Waals surface area contributed by atoms with Gasteiger partial charge >= 0.3 is 5.68 Å². The molecular weight excluding hydrogens is 617 g/mol. The van der Waals surface area contributed by atoms with E-state index in [9.17, 15) is 4.79 Å². The third-order valence-electron chi connectivity index (χ3n) is 6.94. The lowest BCUT2D eigenvalue weighted by molar-refractivity contribution is -0.0708. The lowest BCUT2D eigenvalue weighted by Gasteiger charge is -2.36. The van der Waals surface area contributed by atoms with E-state index in [1.807, 2.05) is 19.1 Å². The molecule has 0 radical (unpaired) electrons. The number of benzene rings is 2. The van der Waals surface area contributed by atoms with Gasteiger partial charge in [0.05, 0.1) is 17.6 Å². The standard InChI is InChI=1S/C20H33NO.C12H13IN2O3/c1-15(12-21-13-16(2)22-17(3)14-21)11-18-7-9-19(10-8-18)20(4,5)6;1-3-6-15-11(16)9-7-8(13)4-5-10(9)18-12(15)14-17-2/h7-10,15-17H,11-14H2,1-6H3;4-5,7H,3,6H2,1-2H3/b;14-12-/t15?,16-,17+;. The predicted molar refractivity (Wildman–Crippen MR) is 171 cm³/mol. The van der Waals surface area contributed by atoms with Gasteiger partial charge in [-0.25, -0.2) is 0 Å². The maximum atomic E-state index is 12.4. The summed E-state index contributed by atoms with van der Waals surface area (Å²) in [6, 6.07) is 14.7. The first-order valence-electron chi connectivity index (χ1n) is 14.3. The van der Waals surface area contributed by atoms with Gasteiger partial charge in [-0.05, 0) is 95.1 Å². The van der Waals surface area contributed by atoms with E-state index in [-0.39, 0.29) is 16.7 Å². The van der Waals surface area contributed by atoms with E-state index >= 15 is 0 Å². The molecule has 1 unspecified atom stereocenters. The Morgan fingerprint density at radius 2 is 1.75 bits per heavy atom. The first kappa shape index (κ1) is 32.3. The summed E-state index contributed by atoms with van der Waals surface area (Å²) in [6.45, 7) is 19.4. The fourth-order valence-electron chi connectivity index (χ4n) is 5.19. The predicted octanol–water partition coefficient (Wildman–Crippen LogP) is 6.34. The van der Waals surface area contributed by atoms with Crippen LogP contribution in [0.15, 0.2) is 56.8 Å². The van der Waals surface area contributed by atoms with Crippen molar-refractivity contribution in [1.29, 1.82) is 0 Å². The van der Waals surface area contributed by atoms with Crippen LogP contribution in [0.25, 0.3) is 11.0 Å². The fourth-order valence-corrected chi connectivity index (χ4v) is 5.68. The summed E-state index contributed by atoms with van der Waals surface area (Å²) in [6.07, 6.45) is 2.70. The number of ether oxygens (including phenoxy) is 1. The van der Waals surface area contributed by atoms with Gasteiger partial charge in [0, 0.05) is 29.7 Å². The summed E-state index contributed by atoms with van der Waals surface area (Å²) in [5, 5.41) is 4.31. The number of rotatable bonds is 7. The fraction of sp³-hybridized carbons (Fsp3) is 0.562. The summed E-state index contributed by atoms with van der Waals surface area (Å²) in [4.78, 5) is 19.6. The number of halogens is 1. The first-order chi connectivity index (χ1) is 18.9. The van der Waals surface area contributed by atoms with Crippen molar-refractivity contribution in [2.45, 2.75) is 85.5 Å². The second-order valence-electron chi connectivity index (χ2n) is 12.0. The van der Waals surface area contributed by atoms with Gasteiger partial charge in [0.1, 0.15) is 12.7 Å². The highest BCUT2D eigenvalue weighted by atomic mass is 127. The molecule has 3 atom stereocenters. The minimum atomic E-state index is -0.104. The summed E-state index contributed by atoms with van der Waals surface area (Å²) in [5.41, 5.74) is 3.72. The Balaban J connectivity index is 0.000000225. The SMILES string of the molecule is CC(Cc1ccc(C(C)(C)C)cc1)CN1C[C@@H](C)O[C@@H](C)C1.CCCn1c(=O)c2cc(I)ccc2o/c1=N\OC.